The lowest BCUT2D eigenvalue weighted by molar-refractivity contribution is 0.618. The Morgan fingerprint density at radius 3 is 2.82 bits per heavy atom. The highest BCUT2D eigenvalue weighted by molar-refractivity contribution is 7.98. The molecule has 1 aromatic heterocycles. The van der Waals surface area contributed by atoms with Crippen LogP contribution in [0.2, 0.25) is 0 Å². The Hall–Kier alpha value is -0.570. The van der Waals surface area contributed by atoms with E-state index in [4.69, 9.17) is 0 Å². The van der Waals surface area contributed by atoms with Gasteiger partial charge in [-0.2, -0.15) is 11.8 Å². The molecular weight excluding hydrogens is 161 g/mol. The van der Waals surface area contributed by atoms with E-state index < -0.39 is 0 Å². The van der Waals surface area contributed by atoms with Crippen LogP contribution < -0.4 is 0 Å². The summed E-state index contributed by atoms with van der Waals surface area (Å²) in [5.74, 6) is -0.261. The van der Waals surface area contributed by atoms with E-state index in [1.165, 1.54) is 12.3 Å². The highest BCUT2D eigenvalue weighted by Gasteiger charge is 2.03. The Bertz CT molecular complexity index is 239. The van der Waals surface area contributed by atoms with Crippen LogP contribution in [-0.2, 0) is 0 Å². The third-order valence-corrected chi connectivity index (χ3v) is 2.53. The SMILES string of the molecule is CSC(C)c1cncc(F)c1. The highest BCUT2D eigenvalue weighted by atomic mass is 32.2. The van der Waals surface area contributed by atoms with Gasteiger partial charge in [0.2, 0.25) is 0 Å². The molecule has 1 rings (SSSR count). The average molecular weight is 171 g/mol. The molecule has 0 bridgehead atoms. The molecule has 0 spiro atoms. The number of pyridine rings is 1. The van der Waals surface area contributed by atoms with E-state index in [1.807, 2.05) is 13.2 Å². The third-order valence-electron chi connectivity index (χ3n) is 1.55. The summed E-state index contributed by atoms with van der Waals surface area (Å²) in [6.45, 7) is 2.03. The van der Waals surface area contributed by atoms with E-state index in [0.717, 1.165) is 5.56 Å². The van der Waals surface area contributed by atoms with Crippen molar-refractivity contribution in [2.24, 2.45) is 0 Å². The monoisotopic (exact) mass is 171 g/mol. The zero-order valence-electron chi connectivity index (χ0n) is 6.54. The van der Waals surface area contributed by atoms with Gasteiger partial charge in [-0.1, -0.05) is 0 Å². The molecule has 1 unspecified atom stereocenters. The standard InChI is InChI=1S/C8H10FNS/c1-6(11-2)7-3-8(9)5-10-4-7/h3-6H,1-2H3. The van der Waals surface area contributed by atoms with Crippen LogP contribution in [0, 0.1) is 5.82 Å². The van der Waals surface area contributed by atoms with E-state index in [-0.39, 0.29) is 5.82 Å². The van der Waals surface area contributed by atoms with Gasteiger partial charge in [-0.25, -0.2) is 4.39 Å². The maximum atomic E-state index is 12.6. The van der Waals surface area contributed by atoms with E-state index in [0.29, 0.717) is 5.25 Å². The van der Waals surface area contributed by atoms with Crippen molar-refractivity contribution in [3.05, 3.63) is 29.8 Å². The molecule has 0 amide bonds. The maximum absolute atomic E-state index is 12.6. The summed E-state index contributed by atoms with van der Waals surface area (Å²) in [6, 6.07) is 1.52. The van der Waals surface area contributed by atoms with Gasteiger partial charge in [0.05, 0.1) is 6.20 Å². The molecule has 0 saturated carbocycles. The number of hydrogen-bond acceptors (Lipinski definition) is 2. The number of aromatic nitrogens is 1. The second-order valence-electron chi connectivity index (χ2n) is 2.31. The van der Waals surface area contributed by atoms with Crippen molar-refractivity contribution >= 4 is 11.8 Å². The zero-order chi connectivity index (χ0) is 8.27. The highest BCUT2D eigenvalue weighted by Crippen LogP contribution is 2.24. The topological polar surface area (TPSA) is 12.9 Å². The first-order valence-electron chi connectivity index (χ1n) is 3.37. The van der Waals surface area contributed by atoms with Crippen LogP contribution in [-0.4, -0.2) is 11.2 Å². The molecular formula is C8H10FNS. The van der Waals surface area contributed by atoms with Crippen LogP contribution in [0.4, 0.5) is 4.39 Å². The Morgan fingerprint density at radius 2 is 2.27 bits per heavy atom. The molecule has 60 valence electrons. The molecule has 0 aliphatic carbocycles. The second-order valence-corrected chi connectivity index (χ2v) is 3.49. The van der Waals surface area contributed by atoms with Gasteiger partial charge < -0.3 is 0 Å². The normalized spacial score (nSPS) is 13.0. The van der Waals surface area contributed by atoms with Crippen LogP contribution in [0.25, 0.3) is 0 Å². The number of halogens is 1. The zero-order valence-corrected chi connectivity index (χ0v) is 7.36. The number of nitrogens with zero attached hydrogens (tertiary/aromatic N) is 1. The minimum absolute atomic E-state index is 0.261. The van der Waals surface area contributed by atoms with Crippen molar-refractivity contribution in [1.29, 1.82) is 0 Å². The molecule has 3 heteroatoms. The lowest BCUT2D eigenvalue weighted by atomic mass is 10.2. The summed E-state index contributed by atoms with van der Waals surface area (Å²) in [7, 11) is 0. The molecule has 0 aliphatic heterocycles. The molecule has 1 heterocycles. The summed E-state index contributed by atoms with van der Waals surface area (Å²) < 4.78 is 12.6. The molecule has 0 radical (unpaired) electrons. The van der Waals surface area contributed by atoms with Gasteiger partial charge in [-0.15, -0.1) is 0 Å². The van der Waals surface area contributed by atoms with Crippen molar-refractivity contribution in [3.8, 4) is 0 Å². The van der Waals surface area contributed by atoms with E-state index in [2.05, 4.69) is 4.98 Å². The van der Waals surface area contributed by atoms with Gasteiger partial charge in [0, 0.05) is 11.4 Å². The first-order chi connectivity index (χ1) is 5.24. The van der Waals surface area contributed by atoms with Gasteiger partial charge >= 0.3 is 0 Å². The number of thioether (sulfide) groups is 1. The number of rotatable bonds is 2. The fraction of sp³-hybridized carbons (Fsp3) is 0.375. The van der Waals surface area contributed by atoms with Crippen molar-refractivity contribution < 1.29 is 4.39 Å². The lowest BCUT2D eigenvalue weighted by Crippen LogP contribution is -1.89. The molecule has 1 nitrogen and oxygen atoms in total. The number of hydrogen-bond donors (Lipinski definition) is 0. The van der Waals surface area contributed by atoms with Crippen molar-refractivity contribution in [1.82, 2.24) is 4.98 Å². The Morgan fingerprint density at radius 1 is 1.55 bits per heavy atom. The van der Waals surface area contributed by atoms with E-state index >= 15 is 0 Å². The molecule has 1 aromatic rings. The Kier molecular flexibility index (Phi) is 2.88. The summed E-state index contributed by atoms with van der Waals surface area (Å²) in [5, 5.41) is 0.318. The largest absolute Gasteiger partial charge is 0.261 e. The van der Waals surface area contributed by atoms with Gasteiger partial charge in [0.25, 0.3) is 0 Å². The van der Waals surface area contributed by atoms with Crippen LogP contribution in [0.1, 0.15) is 17.7 Å². The molecule has 0 saturated heterocycles. The smallest absolute Gasteiger partial charge is 0.141 e. The van der Waals surface area contributed by atoms with Crippen LogP contribution >= 0.6 is 11.8 Å². The van der Waals surface area contributed by atoms with Crippen molar-refractivity contribution in [2.75, 3.05) is 6.26 Å². The summed E-state index contributed by atoms with van der Waals surface area (Å²) >= 11 is 1.68. The van der Waals surface area contributed by atoms with Crippen LogP contribution in [0.5, 0.6) is 0 Å². The molecule has 0 N–H and O–H groups in total. The molecule has 0 aliphatic rings. The first kappa shape index (κ1) is 8.53. The molecule has 0 aromatic carbocycles. The van der Waals surface area contributed by atoms with E-state index in [1.54, 1.807) is 18.0 Å². The van der Waals surface area contributed by atoms with Crippen molar-refractivity contribution in [3.63, 3.8) is 0 Å². The third kappa shape index (κ3) is 2.19. The predicted octanol–water partition coefficient (Wildman–Crippen LogP) is 2.64. The minimum Gasteiger partial charge on any atom is -0.261 e. The Balaban J connectivity index is 2.86. The van der Waals surface area contributed by atoms with Gasteiger partial charge in [0.1, 0.15) is 5.82 Å². The average Bonchev–Trinajstić information content (AvgIpc) is 2.03. The summed E-state index contributed by atoms with van der Waals surface area (Å²) in [6.07, 6.45) is 4.91. The lowest BCUT2D eigenvalue weighted by Gasteiger charge is -2.06. The predicted molar refractivity (Wildman–Crippen MR) is 46.1 cm³/mol. The van der Waals surface area contributed by atoms with Crippen LogP contribution in [0.3, 0.4) is 0 Å². The fourth-order valence-corrected chi connectivity index (χ4v) is 1.19. The Labute approximate surface area is 70.0 Å². The molecule has 0 fully saturated rings. The van der Waals surface area contributed by atoms with Gasteiger partial charge in [-0.05, 0) is 24.8 Å². The quantitative estimate of drug-likeness (QED) is 0.678. The minimum atomic E-state index is -0.261. The summed E-state index contributed by atoms with van der Waals surface area (Å²) in [4.78, 5) is 3.76. The van der Waals surface area contributed by atoms with Gasteiger partial charge in [-0.3, -0.25) is 4.98 Å². The van der Waals surface area contributed by atoms with Crippen molar-refractivity contribution in [2.45, 2.75) is 12.2 Å². The fourth-order valence-electron chi connectivity index (χ4n) is 0.787. The molecule has 1 atom stereocenters. The maximum Gasteiger partial charge on any atom is 0.141 e. The van der Waals surface area contributed by atoms with Gasteiger partial charge in [0.15, 0.2) is 0 Å². The first-order valence-corrected chi connectivity index (χ1v) is 4.66. The van der Waals surface area contributed by atoms with E-state index in [9.17, 15) is 4.39 Å². The second kappa shape index (κ2) is 3.72. The van der Waals surface area contributed by atoms with Crippen LogP contribution in [0.15, 0.2) is 18.5 Å². The summed E-state index contributed by atoms with van der Waals surface area (Å²) in [5.41, 5.74) is 0.942. The molecule has 11 heavy (non-hydrogen) atoms.